The third kappa shape index (κ3) is 4.40. The first-order valence-corrected chi connectivity index (χ1v) is 8.09. The van der Waals surface area contributed by atoms with Crippen LogP contribution in [0.4, 0.5) is 4.79 Å². The van der Waals surface area contributed by atoms with Crippen molar-refractivity contribution in [2.24, 2.45) is 0 Å². The second-order valence-electron chi connectivity index (χ2n) is 6.49. The molecule has 1 aliphatic carbocycles. The van der Waals surface area contributed by atoms with Crippen molar-refractivity contribution >= 4 is 22.0 Å². The molecule has 0 aliphatic heterocycles. The maximum atomic E-state index is 12.2. The fourth-order valence-corrected chi connectivity index (χ4v) is 2.82. The monoisotopic (exact) mass is 355 g/mol. The van der Waals surface area contributed by atoms with E-state index in [1.807, 2.05) is 20.8 Å². The molecule has 6 heteroatoms. The van der Waals surface area contributed by atoms with E-state index in [0.29, 0.717) is 5.82 Å². The number of ether oxygens (including phenoxy) is 1. The summed E-state index contributed by atoms with van der Waals surface area (Å²) < 4.78 is 6.22. The molecular formula is C15H22BrN3O2. The van der Waals surface area contributed by atoms with Crippen molar-refractivity contribution in [3.05, 3.63) is 22.7 Å². The first-order chi connectivity index (χ1) is 9.81. The molecule has 116 valence electrons. The predicted molar refractivity (Wildman–Crippen MR) is 83.9 cm³/mol. The van der Waals surface area contributed by atoms with Crippen LogP contribution < -0.4 is 5.32 Å². The molecular weight excluding hydrogens is 334 g/mol. The van der Waals surface area contributed by atoms with Gasteiger partial charge in [0.2, 0.25) is 0 Å². The van der Waals surface area contributed by atoms with Gasteiger partial charge >= 0.3 is 6.09 Å². The van der Waals surface area contributed by atoms with Gasteiger partial charge in [-0.25, -0.2) is 14.8 Å². The largest absolute Gasteiger partial charge is 0.444 e. The maximum Gasteiger partial charge on any atom is 0.408 e. The van der Waals surface area contributed by atoms with Crippen LogP contribution in [0.25, 0.3) is 0 Å². The molecule has 1 saturated carbocycles. The van der Waals surface area contributed by atoms with Gasteiger partial charge in [-0.3, -0.25) is 0 Å². The lowest BCUT2D eigenvalue weighted by molar-refractivity contribution is 0.0411. The third-order valence-electron chi connectivity index (χ3n) is 3.50. The van der Waals surface area contributed by atoms with Crippen molar-refractivity contribution in [2.45, 2.75) is 64.0 Å². The van der Waals surface area contributed by atoms with Crippen molar-refractivity contribution in [1.29, 1.82) is 0 Å². The Morgan fingerprint density at radius 2 is 1.81 bits per heavy atom. The molecule has 0 saturated heterocycles. The third-order valence-corrected chi connectivity index (χ3v) is 3.91. The Bertz CT molecular complexity index is 491. The number of carbonyl (C=O) groups excluding carboxylic acids is 1. The van der Waals surface area contributed by atoms with Crippen molar-refractivity contribution in [2.75, 3.05) is 0 Å². The van der Waals surface area contributed by atoms with Gasteiger partial charge in [0.1, 0.15) is 11.1 Å². The Morgan fingerprint density at radius 3 is 2.33 bits per heavy atom. The highest BCUT2D eigenvalue weighted by Gasteiger charge is 2.39. The molecule has 1 amide bonds. The van der Waals surface area contributed by atoms with Crippen LogP contribution in [0, 0.1) is 0 Å². The van der Waals surface area contributed by atoms with E-state index in [4.69, 9.17) is 4.74 Å². The van der Waals surface area contributed by atoms with Crippen LogP contribution in [-0.2, 0) is 10.3 Å². The topological polar surface area (TPSA) is 64.1 Å². The first-order valence-electron chi connectivity index (χ1n) is 7.30. The van der Waals surface area contributed by atoms with E-state index in [9.17, 15) is 4.79 Å². The summed E-state index contributed by atoms with van der Waals surface area (Å²) in [5.74, 6) is 0.663. The Labute approximate surface area is 134 Å². The van der Waals surface area contributed by atoms with Gasteiger partial charge < -0.3 is 10.1 Å². The number of rotatable bonds is 2. The SMILES string of the molecule is CC(C)(C)OC(=O)NC1(c2ncc(Br)cn2)CCCCC1. The lowest BCUT2D eigenvalue weighted by Crippen LogP contribution is -2.49. The Morgan fingerprint density at radius 1 is 1.24 bits per heavy atom. The Kier molecular flexibility index (Phi) is 4.86. The quantitative estimate of drug-likeness (QED) is 0.872. The van der Waals surface area contributed by atoms with Gasteiger partial charge in [-0.2, -0.15) is 0 Å². The first kappa shape index (κ1) is 16.2. The number of amides is 1. The zero-order valence-electron chi connectivity index (χ0n) is 12.8. The minimum Gasteiger partial charge on any atom is -0.444 e. The van der Waals surface area contributed by atoms with E-state index >= 15 is 0 Å². The summed E-state index contributed by atoms with van der Waals surface area (Å²) in [6.07, 6.45) is 7.99. The summed E-state index contributed by atoms with van der Waals surface area (Å²) in [5.41, 5.74) is -1.03. The van der Waals surface area contributed by atoms with Crippen LogP contribution in [0.15, 0.2) is 16.9 Å². The highest BCUT2D eigenvalue weighted by Crippen LogP contribution is 2.35. The molecule has 0 aromatic carbocycles. The fraction of sp³-hybridized carbons (Fsp3) is 0.667. The van der Waals surface area contributed by atoms with E-state index in [1.54, 1.807) is 12.4 Å². The van der Waals surface area contributed by atoms with Crippen molar-refractivity contribution < 1.29 is 9.53 Å². The zero-order valence-corrected chi connectivity index (χ0v) is 14.4. The average Bonchev–Trinajstić information content (AvgIpc) is 2.38. The second kappa shape index (κ2) is 6.30. The molecule has 1 fully saturated rings. The van der Waals surface area contributed by atoms with Crippen molar-refractivity contribution in [3.63, 3.8) is 0 Å². The number of alkyl carbamates (subject to hydrolysis) is 1. The highest BCUT2D eigenvalue weighted by atomic mass is 79.9. The molecule has 0 radical (unpaired) electrons. The number of halogens is 1. The molecule has 1 heterocycles. The molecule has 0 unspecified atom stereocenters. The summed E-state index contributed by atoms with van der Waals surface area (Å²) in [4.78, 5) is 21.0. The highest BCUT2D eigenvalue weighted by molar-refractivity contribution is 9.10. The number of carbonyl (C=O) groups is 1. The fourth-order valence-electron chi connectivity index (χ4n) is 2.62. The normalized spacial score (nSPS) is 18.1. The average molecular weight is 356 g/mol. The van der Waals surface area contributed by atoms with E-state index in [2.05, 4.69) is 31.2 Å². The lowest BCUT2D eigenvalue weighted by atomic mass is 9.81. The van der Waals surface area contributed by atoms with Crippen molar-refractivity contribution in [3.8, 4) is 0 Å². The molecule has 0 atom stereocenters. The molecule has 1 aromatic rings. The Balaban J connectivity index is 2.21. The van der Waals surface area contributed by atoms with Crippen LogP contribution in [0.5, 0.6) is 0 Å². The van der Waals surface area contributed by atoms with Crippen LogP contribution in [0.2, 0.25) is 0 Å². The minimum absolute atomic E-state index is 0.407. The van der Waals surface area contributed by atoms with Gasteiger partial charge in [0, 0.05) is 12.4 Å². The molecule has 21 heavy (non-hydrogen) atoms. The van der Waals surface area contributed by atoms with Gasteiger partial charge in [0.15, 0.2) is 5.82 Å². The number of hydrogen-bond acceptors (Lipinski definition) is 4. The standard InChI is InChI=1S/C15H22BrN3O2/c1-14(2,3)21-13(20)19-15(7-5-4-6-8-15)12-17-9-11(16)10-18-12/h9-10H,4-8H2,1-3H3,(H,19,20). The smallest absolute Gasteiger partial charge is 0.408 e. The number of nitrogens with zero attached hydrogens (tertiary/aromatic N) is 2. The summed E-state index contributed by atoms with van der Waals surface area (Å²) in [6.45, 7) is 5.57. The van der Waals surface area contributed by atoms with Gasteiger partial charge in [-0.05, 0) is 49.5 Å². The molecule has 1 N–H and O–H groups in total. The molecule has 5 nitrogen and oxygen atoms in total. The van der Waals surface area contributed by atoms with E-state index < -0.39 is 17.2 Å². The zero-order chi connectivity index (χ0) is 15.5. The predicted octanol–water partition coefficient (Wildman–Crippen LogP) is 3.92. The van der Waals surface area contributed by atoms with Crippen LogP contribution in [0.3, 0.4) is 0 Å². The summed E-state index contributed by atoms with van der Waals surface area (Å²) in [5, 5.41) is 3.02. The molecule has 0 bridgehead atoms. The van der Waals surface area contributed by atoms with E-state index in [0.717, 1.165) is 30.2 Å². The number of nitrogens with one attached hydrogen (secondary N) is 1. The number of aromatic nitrogens is 2. The van der Waals surface area contributed by atoms with Crippen LogP contribution >= 0.6 is 15.9 Å². The van der Waals surface area contributed by atoms with Gasteiger partial charge in [-0.15, -0.1) is 0 Å². The molecule has 1 aromatic heterocycles. The number of hydrogen-bond donors (Lipinski definition) is 1. The lowest BCUT2D eigenvalue weighted by Gasteiger charge is -2.37. The van der Waals surface area contributed by atoms with Crippen LogP contribution in [0.1, 0.15) is 58.7 Å². The van der Waals surface area contributed by atoms with Gasteiger partial charge in [0.25, 0.3) is 0 Å². The van der Waals surface area contributed by atoms with Gasteiger partial charge in [-0.1, -0.05) is 19.3 Å². The minimum atomic E-state index is -0.513. The molecule has 2 rings (SSSR count). The molecule has 0 spiro atoms. The van der Waals surface area contributed by atoms with Gasteiger partial charge in [0.05, 0.1) is 4.47 Å². The Hall–Kier alpha value is -1.17. The summed E-state index contributed by atoms with van der Waals surface area (Å²) >= 11 is 3.34. The van der Waals surface area contributed by atoms with Crippen molar-refractivity contribution in [1.82, 2.24) is 15.3 Å². The molecule has 1 aliphatic rings. The van der Waals surface area contributed by atoms with E-state index in [-0.39, 0.29) is 0 Å². The second-order valence-corrected chi connectivity index (χ2v) is 7.41. The maximum absolute atomic E-state index is 12.2. The summed E-state index contributed by atoms with van der Waals surface area (Å²) in [7, 11) is 0. The van der Waals surface area contributed by atoms with E-state index in [1.165, 1.54) is 6.42 Å². The summed E-state index contributed by atoms with van der Waals surface area (Å²) in [6, 6.07) is 0. The van der Waals surface area contributed by atoms with Crippen LogP contribution in [-0.4, -0.2) is 21.7 Å².